The highest BCUT2D eigenvalue weighted by Crippen LogP contribution is 2.19. The number of hydrogen-bond acceptors (Lipinski definition) is 2. The van der Waals surface area contributed by atoms with Crippen molar-refractivity contribution in [2.24, 2.45) is 0 Å². The monoisotopic (exact) mass is 219 g/mol. The van der Waals surface area contributed by atoms with Gasteiger partial charge in [0.25, 0.3) is 0 Å². The molecular formula is C11H12FN4+. The van der Waals surface area contributed by atoms with Gasteiger partial charge in [-0.1, -0.05) is 12.1 Å². The highest BCUT2D eigenvalue weighted by Gasteiger charge is 2.24. The van der Waals surface area contributed by atoms with Crippen molar-refractivity contribution < 1.29 is 8.96 Å². The van der Waals surface area contributed by atoms with Gasteiger partial charge in [0.05, 0.1) is 18.7 Å². The van der Waals surface area contributed by atoms with Crippen LogP contribution in [-0.2, 0) is 6.54 Å². The molecule has 3 rings (SSSR count). The van der Waals surface area contributed by atoms with Crippen molar-refractivity contribution in [1.82, 2.24) is 10.2 Å². The van der Waals surface area contributed by atoms with Crippen molar-refractivity contribution in [1.29, 1.82) is 0 Å². The Kier molecular flexibility index (Phi) is 2.09. The third kappa shape index (κ3) is 1.36. The summed E-state index contributed by atoms with van der Waals surface area (Å²) in [5.41, 5.74) is 0.560. The van der Waals surface area contributed by atoms with Gasteiger partial charge in [-0.15, -0.1) is 0 Å². The van der Waals surface area contributed by atoms with E-state index in [0.717, 1.165) is 31.3 Å². The first kappa shape index (κ1) is 9.33. The molecule has 4 nitrogen and oxygen atoms in total. The zero-order valence-electron chi connectivity index (χ0n) is 8.70. The van der Waals surface area contributed by atoms with Crippen LogP contribution in [0.25, 0.3) is 11.4 Å². The predicted molar refractivity (Wildman–Crippen MR) is 57.3 cm³/mol. The molecule has 16 heavy (non-hydrogen) atoms. The van der Waals surface area contributed by atoms with Crippen molar-refractivity contribution in [3.8, 4) is 11.4 Å². The van der Waals surface area contributed by atoms with E-state index < -0.39 is 0 Å². The molecule has 5 heteroatoms. The third-order valence-electron chi connectivity index (χ3n) is 2.76. The van der Waals surface area contributed by atoms with Gasteiger partial charge >= 0.3 is 5.95 Å². The number of benzene rings is 1. The second-order valence-corrected chi connectivity index (χ2v) is 3.81. The molecule has 0 bridgehead atoms. The molecule has 1 aromatic heterocycles. The van der Waals surface area contributed by atoms with Crippen LogP contribution in [0.2, 0.25) is 0 Å². The highest BCUT2D eigenvalue weighted by molar-refractivity contribution is 5.53. The number of rotatable bonds is 1. The van der Waals surface area contributed by atoms with Gasteiger partial charge in [-0.2, -0.15) is 5.10 Å². The number of fused-ring (bicyclic) bond motifs is 1. The number of anilines is 1. The lowest BCUT2D eigenvalue weighted by Crippen LogP contribution is -2.42. The summed E-state index contributed by atoms with van der Waals surface area (Å²) in [4.78, 5) is 0. The molecule has 0 fully saturated rings. The van der Waals surface area contributed by atoms with Crippen molar-refractivity contribution >= 4 is 5.95 Å². The Morgan fingerprint density at radius 1 is 1.31 bits per heavy atom. The van der Waals surface area contributed by atoms with Crippen LogP contribution in [0.3, 0.4) is 0 Å². The zero-order valence-corrected chi connectivity index (χ0v) is 8.70. The average molecular weight is 219 g/mol. The maximum atomic E-state index is 13.6. The van der Waals surface area contributed by atoms with Crippen LogP contribution in [0.5, 0.6) is 0 Å². The minimum Gasteiger partial charge on any atom is -0.292 e. The lowest BCUT2D eigenvalue weighted by atomic mass is 10.2. The van der Waals surface area contributed by atoms with Gasteiger partial charge in [-0.3, -0.25) is 5.32 Å². The van der Waals surface area contributed by atoms with E-state index in [0.29, 0.717) is 5.56 Å². The molecule has 2 N–H and O–H groups in total. The molecular weight excluding hydrogens is 207 g/mol. The first-order valence-corrected chi connectivity index (χ1v) is 5.33. The standard InChI is InChI=1S/C11H11FN4/c12-9-5-2-1-4-8(9)10-14-15-11-13-6-3-7-16(10)11/h1-2,4-5H,3,6-7H2,(H,13,15)/p+1. The predicted octanol–water partition coefficient (Wildman–Crippen LogP) is 1.32. The lowest BCUT2D eigenvalue weighted by molar-refractivity contribution is -0.675. The Labute approximate surface area is 92.1 Å². The van der Waals surface area contributed by atoms with E-state index in [2.05, 4.69) is 15.5 Å². The smallest absolute Gasteiger partial charge is 0.292 e. The molecule has 0 radical (unpaired) electrons. The van der Waals surface area contributed by atoms with Crippen LogP contribution >= 0.6 is 0 Å². The molecule has 2 aromatic rings. The maximum absolute atomic E-state index is 13.6. The summed E-state index contributed by atoms with van der Waals surface area (Å²) in [6.07, 6.45) is 1.03. The SMILES string of the molecule is Fc1ccccc1-c1[nH]nc2[n+]1CCCN2. The van der Waals surface area contributed by atoms with Crippen molar-refractivity contribution in [2.75, 3.05) is 11.9 Å². The van der Waals surface area contributed by atoms with Gasteiger partial charge in [0.15, 0.2) is 0 Å². The summed E-state index contributed by atoms with van der Waals surface area (Å²) < 4.78 is 15.6. The quantitative estimate of drug-likeness (QED) is 0.710. The zero-order chi connectivity index (χ0) is 11.0. The molecule has 0 saturated heterocycles. The van der Waals surface area contributed by atoms with Gasteiger partial charge < -0.3 is 0 Å². The van der Waals surface area contributed by atoms with Crippen LogP contribution in [0.1, 0.15) is 6.42 Å². The maximum Gasteiger partial charge on any atom is 0.377 e. The Bertz CT molecular complexity index is 520. The molecule has 82 valence electrons. The number of halogens is 1. The third-order valence-corrected chi connectivity index (χ3v) is 2.76. The van der Waals surface area contributed by atoms with Crippen LogP contribution in [0.15, 0.2) is 24.3 Å². The van der Waals surface area contributed by atoms with Gasteiger partial charge in [0, 0.05) is 11.5 Å². The highest BCUT2D eigenvalue weighted by atomic mass is 19.1. The van der Waals surface area contributed by atoms with E-state index in [4.69, 9.17) is 0 Å². The summed E-state index contributed by atoms with van der Waals surface area (Å²) in [6, 6.07) is 6.72. The Morgan fingerprint density at radius 3 is 3.06 bits per heavy atom. The van der Waals surface area contributed by atoms with E-state index in [9.17, 15) is 4.39 Å². The molecule has 0 amide bonds. The summed E-state index contributed by atoms with van der Waals surface area (Å²) in [6.45, 7) is 1.78. The molecule has 1 aromatic carbocycles. The average Bonchev–Trinajstić information content (AvgIpc) is 2.74. The lowest BCUT2D eigenvalue weighted by Gasteiger charge is -2.10. The van der Waals surface area contributed by atoms with Crippen molar-refractivity contribution in [3.05, 3.63) is 30.1 Å². The van der Waals surface area contributed by atoms with Crippen molar-refractivity contribution in [2.45, 2.75) is 13.0 Å². The summed E-state index contributed by atoms with van der Waals surface area (Å²) in [5, 5.41) is 10.2. The van der Waals surface area contributed by atoms with Crippen LogP contribution < -0.4 is 9.88 Å². The van der Waals surface area contributed by atoms with E-state index >= 15 is 0 Å². The topological polar surface area (TPSA) is 44.6 Å². The van der Waals surface area contributed by atoms with Gasteiger partial charge in [-0.25, -0.2) is 8.96 Å². The number of nitrogens with zero attached hydrogens (tertiary/aromatic N) is 2. The summed E-state index contributed by atoms with van der Waals surface area (Å²) in [5.74, 6) is 1.27. The second-order valence-electron chi connectivity index (χ2n) is 3.81. The molecule has 0 aliphatic carbocycles. The fourth-order valence-electron chi connectivity index (χ4n) is 1.98. The summed E-state index contributed by atoms with van der Waals surface area (Å²) in [7, 11) is 0. The van der Waals surface area contributed by atoms with Gasteiger partial charge in [0.1, 0.15) is 5.82 Å². The Morgan fingerprint density at radius 2 is 2.19 bits per heavy atom. The Hall–Kier alpha value is -1.91. The van der Waals surface area contributed by atoms with E-state index in [-0.39, 0.29) is 5.82 Å². The largest absolute Gasteiger partial charge is 0.377 e. The first-order chi connectivity index (χ1) is 7.86. The molecule has 0 spiro atoms. The first-order valence-electron chi connectivity index (χ1n) is 5.33. The van der Waals surface area contributed by atoms with E-state index in [1.54, 1.807) is 12.1 Å². The van der Waals surface area contributed by atoms with Crippen LogP contribution in [0, 0.1) is 5.82 Å². The molecule has 0 unspecified atom stereocenters. The Balaban J connectivity index is 2.13. The molecule has 1 aliphatic rings. The molecule has 0 atom stereocenters. The second kappa shape index (κ2) is 3.59. The number of hydrogen-bond donors (Lipinski definition) is 2. The van der Waals surface area contributed by atoms with E-state index in [1.165, 1.54) is 6.07 Å². The fraction of sp³-hybridized carbons (Fsp3) is 0.273. The number of aromatic amines is 1. The van der Waals surface area contributed by atoms with Gasteiger partial charge in [0.2, 0.25) is 5.82 Å². The minimum absolute atomic E-state index is 0.230. The number of nitrogens with one attached hydrogen (secondary N) is 2. The minimum atomic E-state index is -0.230. The van der Waals surface area contributed by atoms with E-state index in [1.807, 2.05) is 10.6 Å². The molecule has 0 saturated carbocycles. The molecule has 2 heterocycles. The fourth-order valence-corrected chi connectivity index (χ4v) is 1.98. The molecule has 1 aliphatic heterocycles. The normalized spacial score (nSPS) is 14.3. The van der Waals surface area contributed by atoms with Crippen LogP contribution in [-0.4, -0.2) is 16.7 Å². The number of aromatic nitrogens is 3. The van der Waals surface area contributed by atoms with Crippen LogP contribution in [0.4, 0.5) is 10.3 Å². The van der Waals surface area contributed by atoms with Gasteiger partial charge in [-0.05, 0) is 12.1 Å². The summed E-state index contributed by atoms with van der Waals surface area (Å²) >= 11 is 0. The van der Waals surface area contributed by atoms with Crippen molar-refractivity contribution in [3.63, 3.8) is 0 Å². The number of H-pyrrole nitrogens is 1.